The van der Waals surface area contributed by atoms with Gasteiger partial charge in [0.1, 0.15) is 28.9 Å². The van der Waals surface area contributed by atoms with E-state index < -0.39 is 45.3 Å². The summed E-state index contributed by atoms with van der Waals surface area (Å²) in [5.41, 5.74) is 0.804. The number of amides is 4. The Labute approximate surface area is 288 Å². The Bertz CT molecular complexity index is 1500. The zero-order valence-corrected chi connectivity index (χ0v) is 30.4. The number of methoxy groups -OCH3 is 1. The quantitative estimate of drug-likeness (QED) is 0.171. The predicted molar refractivity (Wildman–Crippen MR) is 185 cm³/mol. The molecule has 1 aliphatic carbocycles. The van der Waals surface area contributed by atoms with Crippen LogP contribution >= 0.6 is 11.3 Å². The highest BCUT2D eigenvalue weighted by Gasteiger charge is 2.39. The van der Waals surface area contributed by atoms with E-state index in [0.29, 0.717) is 30.7 Å². The smallest absolute Gasteiger partial charge is 0.271 e. The van der Waals surface area contributed by atoms with E-state index in [0.717, 1.165) is 5.56 Å². The van der Waals surface area contributed by atoms with Crippen LogP contribution in [-0.2, 0) is 35.6 Å². The van der Waals surface area contributed by atoms with E-state index in [4.69, 9.17) is 4.74 Å². The van der Waals surface area contributed by atoms with Crippen LogP contribution in [0.25, 0.3) is 0 Å². The van der Waals surface area contributed by atoms with Crippen molar-refractivity contribution in [3.63, 3.8) is 0 Å². The van der Waals surface area contributed by atoms with Gasteiger partial charge in [-0.2, -0.15) is 0 Å². The molecule has 3 rings (SSSR count). The van der Waals surface area contributed by atoms with Gasteiger partial charge in [0.25, 0.3) is 11.8 Å². The van der Waals surface area contributed by atoms with Gasteiger partial charge in [-0.1, -0.05) is 64.4 Å². The molecule has 0 radical (unpaired) electrons. The number of rotatable bonds is 19. The van der Waals surface area contributed by atoms with Gasteiger partial charge < -0.3 is 25.6 Å². The van der Waals surface area contributed by atoms with E-state index in [1.54, 1.807) is 48.6 Å². The Morgan fingerprint density at radius 1 is 1.08 bits per heavy atom. The predicted octanol–water partition coefficient (Wildman–Crippen LogP) is 2.40. The summed E-state index contributed by atoms with van der Waals surface area (Å²) in [4.78, 5) is 58.9. The molecule has 4 amide bonds. The zero-order chi connectivity index (χ0) is 35.6. The highest BCUT2D eigenvalue weighted by Crippen LogP contribution is 2.30. The van der Waals surface area contributed by atoms with Crippen molar-refractivity contribution in [2.24, 2.45) is 11.8 Å². The maximum Gasteiger partial charge on any atom is 0.271 e. The van der Waals surface area contributed by atoms with Gasteiger partial charge in [-0.05, 0) is 37.3 Å². The average Bonchev–Trinajstić information content (AvgIpc) is 3.81. The van der Waals surface area contributed by atoms with Gasteiger partial charge in [-0.15, -0.1) is 11.3 Å². The van der Waals surface area contributed by atoms with Crippen molar-refractivity contribution in [1.82, 2.24) is 30.6 Å². The fraction of sp³-hybridized carbons (Fsp3) is 0.606. The molecule has 0 saturated heterocycles. The molecule has 266 valence electrons. The third-order valence-electron chi connectivity index (χ3n) is 8.63. The summed E-state index contributed by atoms with van der Waals surface area (Å²) in [6.07, 6.45) is 1.58. The van der Waals surface area contributed by atoms with Crippen LogP contribution in [-0.4, -0.2) is 93.1 Å². The highest BCUT2D eigenvalue weighted by molar-refractivity contribution is 7.90. The lowest BCUT2D eigenvalue weighted by Gasteiger charge is -2.37. The summed E-state index contributed by atoms with van der Waals surface area (Å²) in [5.74, 6) is -1.97. The molecule has 0 aliphatic heterocycles. The van der Waals surface area contributed by atoms with E-state index in [1.807, 2.05) is 33.8 Å². The van der Waals surface area contributed by atoms with Gasteiger partial charge in [0.15, 0.2) is 0 Å². The lowest BCUT2D eigenvalue weighted by molar-refractivity contribution is -0.140. The van der Waals surface area contributed by atoms with E-state index in [9.17, 15) is 27.6 Å². The molecule has 1 aromatic heterocycles. The van der Waals surface area contributed by atoms with Crippen molar-refractivity contribution in [2.45, 2.75) is 89.3 Å². The Balaban J connectivity index is 1.77. The second kappa shape index (κ2) is 17.8. The number of likely N-dealkylation sites (N-methyl/N-ethyl adjacent to an activating group) is 2. The monoisotopic (exact) mass is 706 g/mol. The summed E-state index contributed by atoms with van der Waals surface area (Å²) >= 11 is 1.21. The topological polar surface area (TPSA) is 176 Å². The van der Waals surface area contributed by atoms with Crippen LogP contribution in [0.15, 0.2) is 35.7 Å². The molecule has 2 aromatic rings. The number of carbonyl (C=O) groups is 4. The van der Waals surface area contributed by atoms with Crippen molar-refractivity contribution >= 4 is 45.0 Å². The van der Waals surface area contributed by atoms with Crippen LogP contribution in [0.5, 0.6) is 0 Å². The SMILES string of the molecule is CCC(C)[C@H](NC(=O)CNC)C(=O)N(C)[C@H](CC(OC)c1nc(C(=O)N[C@@H](Cc2ccccc2)C(=O)NS(=O)(=O)C2CC2)cs1)C(C)C. The summed E-state index contributed by atoms with van der Waals surface area (Å²) < 4.78 is 32.9. The zero-order valence-electron chi connectivity index (χ0n) is 28.8. The number of benzene rings is 1. The first-order valence-corrected chi connectivity index (χ1v) is 18.7. The van der Waals surface area contributed by atoms with Crippen molar-refractivity contribution in [1.29, 1.82) is 0 Å². The highest BCUT2D eigenvalue weighted by atomic mass is 32.2. The molecule has 5 atom stereocenters. The van der Waals surface area contributed by atoms with Gasteiger partial charge in [0.05, 0.1) is 11.8 Å². The third kappa shape index (κ3) is 10.8. The van der Waals surface area contributed by atoms with Crippen molar-refractivity contribution < 1.29 is 32.3 Å². The average molecular weight is 707 g/mol. The fourth-order valence-corrected chi connectivity index (χ4v) is 7.58. The van der Waals surface area contributed by atoms with Crippen LogP contribution in [0.1, 0.15) is 80.5 Å². The molecular formula is C33H50N6O7S2. The number of nitrogens with one attached hydrogen (secondary N) is 4. The standard InChI is InChI=1S/C33H50N6O7S2/c1-8-21(4)29(37-28(40)18-34-5)33(43)39(6)26(20(2)3)17-27(46-7)32-36-25(19-47-32)30(41)35-24(16-22-12-10-9-11-13-22)31(42)38-48(44,45)23-14-15-23/h9-13,19-21,23-24,26-27,29,34H,8,14-18H2,1-7H3,(H,35,41)(H,37,40)(H,38,42)/t21?,24-,26+,27?,29-/m0/s1. The van der Waals surface area contributed by atoms with Crippen LogP contribution in [0.2, 0.25) is 0 Å². The number of hydrogen-bond donors (Lipinski definition) is 4. The van der Waals surface area contributed by atoms with Crippen LogP contribution < -0.4 is 20.7 Å². The number of carbonyl (C=O) groups excluding carboxylic acids is 4. The van der Waals surface area contributed by atoms with E-state index >= 15 is 0 Å². The first kappa shape index (κ1) is 39.0. The van der Waals surface area contributed by atoms with Crippen LogP contribution in [0.4, 0.5) is 0 Å². The molecule has 4 N–H and O–H groups in total. The number of thiazole rings is 1. The lowest BCUT2D eigenvalue weighted by atomic mass is 9.93. The number of hydrogen-bond acceptors (Lipinski definition) is 10. The molecule has 1 heterocycles. The summed E-state index contributed by atoms with van der Waals surface area (Å²) in [7, 11) is 1.11. The van der Waals surface area contributed by atoms with E-state index in [1.165, 1.54) is 18.4 Å². The van der Waals surface area contributed by atoms with Gasteiger partial charge in [-0.25, -0.2) is 13.4 Å². The van der Waals surface area contributed by atoms with Crippen molar-refractivity contribution in [2.75, 3.05) is 27.7 Å². The van der Waals surface area contributed by atoms with Gasteiger partial charge in [-0.3, -0.25) is 23.9 Å². The van der Waals surface area contributed by atoms with Gasteiger partial charge in [0, 0.05) is 38.4 Å². The molecule has 2 unspecified atom stereocenters. The molecule has 0 bridgehead atoms. The summed E-state index contributed by atoms with van der Waals surface area (Å²) in [6.45, 7) is 8.00. The number of sulfonamides is 1. The Hall–Kier alpha value is -3.40. The second-order valence-electron chi connectivity index (χ2n) is 12.7. The molecule has 1 aromatic carbocycles. The normalized spacial score (nSPS) is 16.3. The molecular weight excluding hydrogens is 657 g/mol. The van der Waals surface area contributed by atoms with Crippen molar-refractivity contribution in [3.05, 3.63) is 52.0 Å². The fourth-order valence-electron chi connectivity index (χ4n) is 5.35. The molecule has 0 spiro atoms. The Morgan fingerprint density at radius 2 is 1.75 bits per heavy atom. The second-order valence-corrected chi connectivity index (χ2v) is 15.5. The van der Waals surface area contributed by atoms with E-state index in [-0.39, 0.29) is 48.4 Å². The van der Waals surface area contributed by atoms with Crippen LogP contribution in [0.3, 0.4) is 0 Å². The number of aromatic nitrogens is 1. The minimum atomic E-state index is -3.82. The van der Waals surface area contributed by atoms with Crippen LogP contribution in [0, 0.1) is 11.8 Å². The maximum atomic E-state index is 13.8. The first-order chi connectivity index (χ1) is 22.7. The Morgan fingerprint density at radius 3 is 2.31 bits per heavy atom. The minimum absolute atomic E-state index is 0.0223. The molecule has 1 aliphatic rings. The molecule has 1 saturated carbocycles. The van der Waals surface area contributed by atoms with Gasteiger partial charge in [0.2, 0.25) is 21.8 Å². The summed E-state index contributed by atoms with van der Waals surface area (Å²) in [5, 5.41) is 9.84. The number of nitrogens with zero attached hydrogens (tertiary/aromatic N) is 2. The largest absolute Gasteiger partial charge is 0.374 e. The van der Waals surface area contributed by atoms with Gasteiger partial charge >= 0.3 is 0 Å². The minimum Gasteiger partial charge on any atom is -0.374 e. The lowest BCUT2D eigenvalue weighted by Crippen LogP contribution is -2.55. The third-order valence-corrected chi connectivity index (χ3v) is 11.4. The van der Waals surface area contributed by atoms with Crippen molar-refractivity contribution in [3.8, 4) is 0 Å². The first-order valence-electron chi connectivity index (χ1n) is 16.3. The molecule has 13 nitrogen and oxygen atoms in total. The summed E-state index contributed by atoms with van der Waals surface area (Å²) in [6, 6.07) is 6.86. The maximum absolute atomic E-state index is 13.8. The molecule has 15 heteroatoms. The molecule has 1 fully saturated rings. The number of ether oxygens (including phenoxy) is 1. The van der Waals surface area contributed by atoms with E-state index in [2.05, 4.69) is 25.7 Å². The Kier molecular flexibility index (Phi) is 14.5. The molecule has 48 heavy (non-hydrogen) atoms.